The highest BCUT2D eigenvalue weighted by atomic mass is 19.1. The molecule has 7 heteroatoms. The lowest BCUT2D eigenvalue weighted by molar-refractivity contribution is 0.0922. The van der Waals surface area contributed by atoms with Crippen LogP contribution in [-0.2, 0) is 0 Å². The Morgan fingerprint density at radius 3 is 2.56 bits per heavy atom. The third kappa shape index (κ3) is 3.01. The lowest BCUT2D eigenvalue weighted by Gasteiger charge is -2.22. The van der Waals surface area contributed by atoms with E-state index in [1.54, 1.807) is 18.5 Å². The number of fused-ring (bicyclic) bond motifs is 1. The number of hydrogen-bond acceptors (Lipinski definition) is 2. The Labute approximate surface area is 155 Å². The van der Waals surface area contributed by atoms with Crippen molar-refractivity contribution in [3.8, 4) is 22.5 Å². The zero-order valence-corrected chi connectivity index (χ0v) is 15.3. The molecule has 0 aliphatic rings. The molecule has 3 aromatic heterocycles. The van der Waals surface area contributed by atoms with Crippen LogP contribution in [0.15, 0.2) is 42.9 Å². The standard InChI is InChI=1S/C20H20FN5O/c1-20(2,3)25-19(27)16-11-6-8-22-15(11)5-4-12(16)17-13(7-9-23-17)18-14(21)10-24-26-18/h4-10,22-23H,1-3H3,(H,24,26)(H,25,27). The van der Waals surface area contributed by atoms with Gasteiger partial charge in [-0.3, -0.25) is 9.89 Å². The lowest BCUT2D eigenvalue weighted by atomic mass is 9.96. The first-order valence-corrected chi connectivity index (χ1v) is 8.65. The molecular formula is C20H20FN5O. The summed E-state index contributed by atoms with van der Waals surface area (Å²) in [5, 5.41) is 10.4. The van der Waals surface area contributed by atoms with E-state index in [0.29, 0.717) is 22.4 Å². The van der Waals surface area contributed by atoms with Crippen molar-refractivity contribution in [2.75, 3.05) is 0 Å². The molecule has 0 fully saturated rings. The summed E-state index contributed by atoms with van der Waals surface area (Å²) in [4.78, 5) is 19.4. The minimum Gasteiger partial charge on any atom is -0.361 e. The van der Waals surface area contributed by atoms with Gasteiger partial charge in [0.2, 0.25) is 0 Å². The molecule has 0 unspecified atom stereocenters. The fraction of sp³-hybridized carbons (Fsp3) is 0.200. The Bertz CT molecular complexity index is 1130. The smallest absolute Gasteiger partial charge is 0.253 e. The molecule has 0 bridgehead atoms. The summed E-state index contributed by atoms with van der Waals surface area (Å²) in [6, 6.07) is 7.38. The number of carbonyl (C=O) groups excluding carboxylic acids is 1. The van der Waals surface area contributed by atoms with Gasteiger partial charge < -0.3 is 15.3 Å². The highest BCUT2D eigenvalue weighted by molar-refractivity contribution is 6.12. The predicted octanol–water partition coefficient (Wildman–Crippen LogP) is 4.22. The third-order valence-electron chi connectivity index (χ3n) is 4.32. The fourth-order valence-electron chi connectivity index (χ4n) is 3.24. The molecule has 0 saturated heterocycles. The normalized spacial score (nSPS) is 11.9. The molecule has 4 N–H and O–H groups in total. The quantitative estimate of drug-likeness (QED) is 0.438. The summed E-state index contributed by atoms with van der Waals surface area (Å²) < 4.78 is 14.1. The van der Waals surface area contributed by atoms with Gasteiger partial charge in [-0.25, -0.2) is 4.39 Å². The van der Waals surface area contributed by atoms with Crippen LogP contribution < -0.4 is 5.32 Å². The van der Waals surface area contributed by atoms with Gasteiger partial charge in [0, 0.05) is 40.0 Å². The first-order chi connectivity index (χ1) is 12.8. The number of amides is 1. The fourth-order valence-corrected chi connectivity index (χ4v) is 3.24. The van der Waals surface area contributed by atoms with E-state index in [0.717, 1.165) is 10.9 Å². The van der Waals surface area contributed by atoms with Crippen LogP contribution in [-0.4, -0.2) is 31.6 Å². The molecule has 0 spiro atoms. The number of nitrogens with one attached hydrogen (secondary N) is 4. The first kappa shape index (κ1) is 17.1. The Kier molecular flexibility index (Phi) is 3.87. The summed E-state index contributed by atoms with van der Waals surface area (Å²) in [5.41, 5.74) is 3.13. The van der Waals surface area contributed by atoms with E-state index in [1.807, 2.05) is 39.0 Å². The number of benzene rings is 1. The molecule has 1 amide bonds. The Hall–Kier alpha value is -3.35. The second-order valence-electron chi connectivity index (χ2n) is 7.48. The minimum absolute atomic E-state index is 0.189. The minimum atomic E-state index is -0.445. The van der Waals surface area contributed by atoms with Gasteiger partial charge in [0.25, 0.3) is 5.91 Å². The maximum absolute atomic E-state index is 14.1. The van der Waals surface area contributed by atoms with Gasteiger partial charge in [0.15, 0.2) is 5.82 Å². The van der Waals surface area contributed by atoms with Crippen molar-refractivity contribution in [3.63, 3.8) is 0 Å². The number of nitrogens with zero attached hydrogens (tertiary/aromatic N) is 1. The van der Waals surface area contributed by atoms with Crippen LogP contribution in [0.1, 0.15) is 31.1 Å². The van der Waals surface area contributed by atoms with Crippen molar-refractivity contribution in [1.82, 2.24) is 25.5 Å². The second kappa shape index (κ2) is 6.12. The van der Waals surface area contributed by atoms with Gasteiger partial charge in [-0.05, 0) is 45.0 Å². The molecule has 0 saturated carbocycles. The molecular weight excluding hydrogens is 345 g/mol. The maximum Gasteiger partial charge on any atom is 0.253 e. The molecule has 4 rings (SSSR count). The number of aromatic amines is 3. The van der Waals surface area contributed by atoms with Crippen LogP contribution in [0, 0.1) is 5.82 Å². The van der Waals surface area contributed by atoms with E-state index in [2.05, 4.69) is 25.5 Å². The number of rotatable bonds is 3. The molecule has 1 aromatic carbocycles. The Morgan fingerprint density at radius 1 is 1.07 bits per heavy atom. The Balaban J connectivity index is 1.94. The number of H-pyrrole nitrogens is 3. The van der Waals surface area contributed by atoms with Crippen LogP contribution >= 0.6 is 0 Å². The van der Waals surface area contributed by atoms with Crippen molar-refractivity contribution in [2.45, 2.75) is 26.3 Å². The molecule has 0 radical (unpaired) electrons. The monoisotopic (exact) mass is 365 g/mol. The van der Waals surface area contributed by atoms with Crippen molar-refractivity contribution in [1.29, 1.82) is 0 Å². The molecule has 4 aromatic rings. The van der Waals surface area contributed by atoms with Crippen LogP contribution in [0.4, 0.5) is 4.39 Å². The zero-order chi connectivity index (χ0) is 19.2. The Morgan fingerprint density at radius 2 is 1.85 bits per heavy atom. The van der Waals surface area contributed by atoms with E-state index in [9.17, 15) is 9.18 Å². The molecule has 138 valence electrons. The van der Waals surface area contributed by atoms with E-state index in [1.165, 1.54) is 6.20 Å². The number of aromatic nitrogens is 4. The van der Waals surface area contributed by atoms with E-state index >= 15 is 0 Å². The average Bonchev–Trinajstić information content (AvgIpc) is 3.31. The third-order valence-corrected chi connectivity index (χ3v) is 4.32. The number of halogens is 1. The SMILES string of the molecule is CC(C)(C)NC(=O)c1c(-c2[nH]ccc2-c2n[nH]cc2F)ccc2[nH]ccc12. The van der Waals surface area contributed by atoms with Crippen molar-refractivity contribution < 1.29 is 9.18 Å². The van der Waals surface area contributed by atoms with Crippen LogP contribution in [0.25, 0.3) is 33.4 Å². The van der Waals surface area contributed by atoms with Gasteiger partial charge in [-0.1, -0.05) is 0 Å². The molecule has 0 aliphatic carbocycles. The predicted molar refractivity (Wildman–Crippen MR) is 103 cm³/mol. The number of hydrogen-bond donors (Lipinski definition) is 4. The molecule has 0 aliphatic heterocycles. The van der Waals surface area contributed by atoms with E-state index < -0.39 is 5.82 Å². The molecule has 3 heterocycles. The van der Waals surface area contributed by atoms with Crippen molar-refractivity contribution >= 4 is 16.8 Å². The highest BCUT2D eigenvalue weighted by Gasteiger charge is 2.24. The largest absolute Gasteiger partial charge is 0.361 e. The van der Waals surface area contributed by atoms with Crippen LogP contribution in [0.5, 0.6) is 0 Å². The summed E-state index contributed by atoms with van der Waals surface area (Å²) in [5.74, 6) is -0.634. The van der Waals surface area contributed by atoms with E-state index in [4.69, 9.17) is 0 Å². The van der Waals surface area contributed by atoms with Gasteiger partial charge in [0.1, 0.15) is 5.69 Å². The van der Waals surface area contributed by atoms with Crippen molar-refractivity contribution in [3.05, 3.63) is 54.2 Å². The van der Waals surface area contributed by atoms with Gasteiger partial charge in [-0.2, -0.15) is 5.10 Å². The topological polar surface area (TPSA) is 89.4 Å². The van der Waals surface area contributed by atoms with Crippen LogP contribution in [0.3, 0.4) is 0 Å². The second-order valence-corrected chi connectivity index (χ2v) is 7.48. The average molecular weight is 365 g/mol. The van der Waals surface area contributed by atoms with Crippen molar-refractivity contribution in [2.24, 2.45) is 0 Å². The molecule has 27 heavy (non-hydrogen) atoms. The van der Waals surface area contributed by atoms with Gasteiger partial charge >= 0.3 is 0 Å². The summed E-state index contributed by atoms with van der Waals surface area (Å²) in [7, 11) is 0. The maximum atomic E-state index is 14.1. The lowest BCUT2D eigenvalue weighted by Crippen LogP contribution is -2.40. The summed E-state index contributed by atoms with van der Waals surface area (Å²) in [6.45, 7) is 5.79. The molecule has 0 atom stereocenters. The van der Waals surface area contributed by atoms with Crippen LogP contribution in [0.2, 0.25) is 0 Å². The van der Waals surface area contributed by atoms with Gasteiger partial charge in [-0.15, -0.1) is 0 Å². The van der Waals surface area contributed by atoms with E-state index in [-0.39, 0.29) is 17.1 Å². The molecule has 6 nitrogen and oxygen atoms in total. The van der Waals surface area contributed by atoms with Gasteiger partial charge in [0.05, 0.1) is 17.5 Å². The number of carbonyl (C=O) groups is 1. The summed E-state index contributed by atoms with van der Waals surface area (Å²) in [6.07, 6.45) is 4.71. The zero-order valence-electron chi connectivity index (χ0n) is 15.3. The highest BCUT2D eigenvalue weighted by Crippen LogP contribution is 2.36. The first-order valence-electron chi connectivity index (χ1n) is 8.65. The summed E-state index contributed by atoms with van der Waals surface area (Å²) >= 11 is 0.